The summed E-state index contributed by atoms with van der Waals surface area (Å²) in [4.78, 5) is 12.4. The first-order valence-corrected chi connectivity index (χ1v) is 10.1. The molecule has 0 fully saturated rings. The second kappa shape index (κ2) is 9.01. The lowest BCUT2D eigenvalue weighted by Crippen LogP contribution is -2.43. The monoisotopic (exact) mass is 390 g/mol. The van der Waals surface area contributed by atoms with E-state index in [9.17, 15) is 13.2 Å². The number of nitrogens with zero attached hydrogens (tertiary/aromatic N) is 1. The standard InChI is InChI=1S/C20H26N2O4S/c1-15-9-11-18(12-10-15)27(24,25)22(4)13-20(23)21-17(3)14-26-19-8-6-5-7-16(19)2/h5-12,17H,13-14H2,1-4H3,(H,21,23). The Kier molecular flexibility index (Phi) is 6.98. The first-order valence-electron chi connectivity index (χ1n) is 8.71. The highest BCUT2D eigenvalue weighted by Gasteiger charge is 2.23. The maximum atomic E-state index is 12.5. The van der Waals surface area contributed by atoms with Crippen molar-refractivity contribution in [1.82, 2.24) is 9.62 Å². The molecule has 7 heteroatoms. The van der Waals surface area contributed by atoms with E-state index in [1.165, 1.54) is 19.2 Å². The van der Waals surface area contributed by atoms with Gasteiger partial charge in [-0.2, -0.15) is 4.31 Å². The van der Waals surface area contributed by atoms with Crippen LogP contribution in [0, 0.1) is 13.8 Å². The number of sulfonamides is 1. The van der Waals surface area contributed by atoms with Crippen LogP contribution < -0.4 is 10.1 Å². The number of amides is 1. The summed E-state index contributed by atoms with van der Waals surface area (Å²) in [6.45, 7) is 5.68. The first kappa shape index (κ1) is 20.9. The molecule has 0 radical (unpaired) electrons. The third-order valence-electron chi connectivity index (χ3n) is 4.09. The van der Waals surface area contributed by atoms with Crippen LogP contribution >= 0.6 is 0 Å². The molecule has 0 aliphatic rings. The number of carbonyl (C=O) groups is 1. The number of aryl methyl sites for hydroxylation is 2. The van der Waals surface area contributed by atoms with Gasteiger partial charge in [0.25, 0.3) is 0 Å². The molecule has 0 heterocycles. The number of likely N-dealkylation sites (N-methyl/N-ethyl adjacent to an activating group) is 1. The molecular weight excluding hydrogens is 364 g/mol. The minimum absolute atomic E-state index is 0.166. The third kappa shape index (κ3) is 5.80. The summed E-state index contributed by atoms with van der Waals surface area (Å²) in [5.41, 5.74) is 1.98. The normalized spacial score (nSPS) is 12.6. The Morgan fingerprint density at radius 2 is 1.74 bits per heavy atom. The molecule has 0 aliphatic heterocycles. The van der Waals surface area contributed by atoms with Crippen LogP contribution in [0.25, 0.3) is 0 Å². The van der Waals surface area contributed by atoms with Gasteiger partial charge in [-0.1, -0.05) is 35.9 Å². The minimum atomic E-state index is -3.71. The molecule has 6 nitrogen and oxygen atoms in total. The molecule has 0 aromatic heterocycles. The van der Waals surface area contributed by atoms with Crippen LogP contribution in [0.4, 0.5) is 0 Å². The molecule has 146 valence electrons. The van der Waals surface area contributed by atoms with Gasteiger partial charge in [0, 0.05) is 7.05 Å². The fourth-order valence-corrected chi connectivity index (χ4v) is 3.60. The average molecular weight is 391 g/mol. The Labute approximate surface area is 161 Å². The van der Waals surface area contributed by atoms with Crippen LogP contribution in [0.2, 0.25) is 0 Å². The van der Waals surface area contributed by atoms with E-state index in [4.69, 9.17) is 4.74 Å². The topological polar surface area (TPSA) is 75.7 Å². The Bertz CT molecular complexity index is 879. The molecule has 27 heavy (non-hydrogen) atoms. The van der Waals surface area contributed by atoms with E-state index in [1.807, 2.05) is 45.0 Å². The van der Waals surface area contributed by atoms with E-state index in [0.29, 0.717) is 6.61 Å². The van der Waals surface area contributed by atoms with Crippen molar-refractivity contribution in [3.8, 4) is 5.75 Å². The Hall–Kier alpha value is -2.38. The number of ether oxygens (including phenoxy) is 1. The summed E-state index contributed by atoms with van der Waals surface area (Å²) in [5.74, 6) is 0.381. The van der Waals surface area contributed by atoms with Crippen molar-refractivity contribution in [3.63, 3.8) is 0 Å². The number of benzene rings is 2. The van der Waals surface area contributed by atoms with E-state index < -0.39 is 10.0 Å². The van der Waals surface area contributed by atoms with Crippen LogP contribution in [0.1, 0.15) is 18.1 Å². The molecule has 2 rings (SSSR count). The van der Waals surface area contributed by atoms with Gasteiger partial charge in [-0.05, 0) is 44.5 Å². The molecule has 2 aromatic rings. The summed E-state index contributed by atoms with van der Waals surface area (Å²) in [5, 5.41) is 2.76. The zero-order valence-electron chi connectivity index (χ0n) is 16.1. The van der Waals surface area contributed by atoms with E-state index in [2.05, 4.69) is 5.32 Å². The molecule has 1 amide bonds. The largest absolute Gasteiger partial charge is 0.491 e. The zero-order chi connectivity index (χ0) is 20.0. The number of carbonyl (C=O) groups excluding carboxylic acids is 1. The van der Waals surface area contributed by atoms with Crippen LogP contribution in [0.5, 0.6) is 5.75 Å². The first-order chi connectivity index (χ1) is 12.7. The molecule has 0 saturated carbocycles. The highest BCUT2D eigenvalue weighted by atomic mass is 32.2. The maximum Gasteiger partial charge on any atom is 0.243 e. The van der Waals surface area contributed by atoms with Crippen molar-refractivity contribution in [1.29, 1.82) is 0 Å². The highest BCUT2D eigenvalue weighted by Crippen LogP contribution is 2.16. The second-order valence-electron chi connectivity index (χ2n) is 6.62. The van der Waals surface area contributed by atoms with Gasteiger partial charge in [0.15, 0.2) is 0 Å². The predicted octanol–water partition coefficient (Wildman–Crippen LogP) is 2.51. The quantitative estimate of drug-likeness (QED) is 0.751. The lowest BCUT2D eigenvalue weighted by Gasteiger charge is -2.20. The fourth-order valence-electron chi connectivity index (χ4n) is 2.47. The van der Waals surface area contributed by atoms with Gasteiger partial charge in [-0.25, -0.2) is 8.42 Å². The summed E-state index contributed by atoms with van der Waals surface area (Å²) in [7, 11) is -2.31. The van der Waals surface area contributed by atoms with Gasteiger partial charge in [-0.15, -0.1) is 0 Å². The third-order valence-corrected chi connectivity index (χ3v) is 5.90. The predicted molar refractivity (Wildman–Crippen MR) is 105 cm³/mol. The van der Waals surface area contributed by atoms with Crippen molar-refractivity contribution in [2.24, 2.45) is 0 Å². The van der Waals surface area contributed by atoms with Crippen molar-refractivity contribution >= 4 is 15.9 Å². The fraction of sp³-hybridized carbons (Fsp3) is 0.350. The Morgan fingerprint density at radius 3 is 2.37 bits per heavy atom. The molecule has 1 unspecified atom stereocenters. The minimum Gasteiger partial charge on any atom is -0.491 e. The molecule has 0 bridgehead atoms. The summed E-state index contributed by atoms with van der Waals surface area (Å²) in [6.07, 6.45) is 0. The van der Waals surface area contributed by atoms with Crippen molar-refractivity contribution in [3.05, 3.63) is 59.7 Å². The number of nitrogens with one attached hydrogen (secondary N) is 1. The smallest absolute Gasteiger partial charge is 0.243 e. The molecule has 1 N–H and O–H groups in total. The van der Waals surface area contributed by atoms with E-state index in [0.717, 1.165) is 21.2 Å². The molecule has 0 aliphatic carbocycles. The average Bonchev–Trinajstić information content (AvgIpc) is 2.61. The SMILES string of the molecule is Cc1ccc(S(=O)(=O)N(C)CC(=O)NC(C)COc2ccccc2C)cc1. The van der Waals surface area contributed by atoms with Crippen LogP contribution in [0.3, 0.4) is 0 Å². The summed E-state index contributed by atoms with van der Waals surface area (Å²) < 4.78 is 31.8. The van der Waals surface area contributed by atoms with Crippen LogP contribution in [0.15, 0.2) is 53.4 Å². The number of hydrogen-bond donors (Lipinski definition) is 1. The van der Waals surface area contributed by atoms with Gasteiger partial charge in [0.05, 0.1) is 17.5 Å². The van der Waals surface area contributed by atoms with Gasteiger partial charge in [-0.3, -0.25) is 4.79 Å². The maximum absolute atomic E-state index is 12.5. The second-order valence-corrected chi connectivity index (χ2v) is 8.66. The summed E-state index contributed by atoms with van der Waals surface area (Å²) >= 11 is 0. The molecule has 1 atom stereocenters. The van der Waals surface area contributed by atoms with Crippen molar-refractivity contribution < 1.29 is 17.9 Å². The molecular formula is C20H26N2O4S. The molecule has 0 spiro atoms. The Morgan fingerprint density at radius 1 is 1.11 bits per heavy atom. The van der Waals surface area contributed by atoms with Crippen LogP contribution in [-0.4, -0.2) is 44.9 Å². The zero-order valence-corrected chi connectivity index (χ0v) is 16.9. The van der Waals surface area contributed by atoms with Gasteiger partial charge in [0.1, 0.15) is 12.4 Å². The number of para-hydroxylation sites is 1. The molecule has 0 saturated heterocycles. The Balaban J connectivity index is 1.88. The van der Waals surface area contributed by atoms with E-state index >= 15 is 0 Å². The van der Waals surface area contributed by atoms with Crippen LogP contribution in [-0.2, 0) is 14.8 Å². The van der Waals surface area contributed by atoms with Gasteiger partial charge < -0.3 is 10.1 Å². The van der Waals surface area contributed by atoms with Gasteiger partial charge in [0.2, 0.25) is 15.9 Å². The van der Waals surface area contributed by atoms with Crippen molar-refractivity contribution in [2.45, 2.75) is 31.7 Å². The lowest BCUT2D eigenvalue weighted by atomic mass is 10.2. The molecule has 2 aromatic carbocycles. The van der Waals surface area contributed by atoms with E-state index in [-0.39, 0.29) is 23.4 Å². The van der Waals surface area contributed by atoms with Gasteiger partial charge >= 0.3 is 0 Å². The highest BCUT2D eigenvalue weighted by molar-refractivity contribution is 7.89. The summed E-state index contributed by atoms with van der Waals surface area (Å²) in [6, 6.07) is 13.9. The van der Waals surface area contributed by atoms with Crippen molar-refractivity contribution in [2.75, 3.05) is 20.2 Å². The number of hydrogen-bond acceptors (Lipinski definition) is 4. The van der Waals surface area contributed by atoms with E-state index in [1.54, 1.807) is 12.1 Å². The lowest BCUT2D eigenvalue weighted by molar-refractivity contribution is -0.121. The number of rotatable bonds is 8.